The fourth-order valence-corrected chi connectivity index (χ4v) is 3.89. The molecule has 5 rings (SSSR count). The van der Waals surface area contributed by atoms with Crippen LogP contribution in [0.25, 0.3) is 16.9 Å². The van der Waals surface area contributed by atoms with Crippen LogP contribution in [0, 0.1) is 29.1 Å². The first-order chi connectivity index (χ1) is 19.4. The highest BCUT2D eigenvalue weighted by Gasteiger charge is 2.36. The molecule has 0 aliphatic rings. The number of anilines is 1. The highest BCUT2D eigenvalue weighted by Crippen LogP contribution is 2.33. The molecule has 212 valence electrons. The number of alkyl halides is 3. The lowest BCUT2D eigenvalue weighted by atomic mass is 10.1. The molecule has 2 aromatic carbocycles. The number of nitrogens with one attached hydrogen (secondary N) is 1. The van der Waals surface area contributed by atoms with Gasteiger partial charge < -0.3 is 10.1 Å². The molecule has 0 atom stereocenters. The van der Waals surface area contributed by atoms with Crippen molar-refractivity contribution in [3.05, 3.63) is 94.7 Å². The van der Waals surface area contributed by atoms with E-state index >= 15 is 0 Å². The van der Waals surface area contributed by atoms with Crippen molar-refractivity contribution in [1.82, 2.24) is 24.4 Å². The third kappa shape index (κ3) is 5.03. The Hall–Kier alpha value is -5.02. The van der Waals surface area contributed by atoms with Gasteiger partial charge in [0.2, 0.25) is 5.82 Å². The summed E-state index contributed by atoms with van der Waals surface area (Å²) in [5, 5.41) is 9.75. The number of ether oxygens (including phenoxy) is 1. The number of carbonyl (C=O) groups excluding carboxylic acids is 1. The van der Waals surface area contributed by atoms with Crippen LogP contribution in [-0.2, 0) is 12.7 Å². The Morgan fingerprint density at radius 3 is 2.20 bits per heavy atom. The number of halogens is 8. The van der Waals surface area contributed by atoms with Crippen LogP contribution in [0.3, 0.4) is 0 Å². The maximum absolute atomic E-state index is 14.0. The molecule has 5 aromatic rings. The molecule has 1 amide bonds. The van der Waals surface area contributed by atoms with Gasteiger partial charge in [0.1, 0.15) is 11.3 Å². The van der Waals surface area contributed by atoms with Crippen molar-refractivity contribution in [2.24, 2.45) is 0 Å². The van der Waals surface area contributed by atoms with E-state index in [4.69, 9.17) is 4.74 Å². The number of aromatic nitrogens is 5. The SMILES string of the molecule is COc1ccc(-c2cc(C(F)(F)F)n3ncc(C(=O)Nc4ccn(Cc5c(F)c(F)c(F)c(F)c5F)n4)c3n2)cc1. The minimum absolute atomic E-state index is 0.117. The first-order valence-electron chi connectivity index (χ1n) is 11.3. The van der Waals surface area contributed by atoms with Gasteiger partial charge in [-0.2, -0.15) is 23.4 Å². The first-order valence-corrected chi connectivity index (χ1v) is 11.3. The van der Waals surface area contributed by atoms with Crippen molar-refractivity contribution in [2.45, 2.75) is 12.7 Å². The molecule has 1 N–H and O–H groups in total. The first kappa shape index (κ1) is 27.5. The second kappa shape index (κ2) is 10.2. The summed E-state index contributed by atoms with van der Waals surface area (Å²) in [6.07, 6.45) is -2.94. The van der Waals surface area contributed by atoms with E-state index in [1.165, 1.54) is 31.4 Å². The fourth-order valence-electron chi connectivity index (χ4n) is 3.89. The number of rotatable bonds is 6. The number of hydrogen-bond acceptors (Lipinski definition) is 5. The summed E-state index contributed by atoms with van der Waals surface area (Å²) in [6, 6.07) is 7.89. The molecule has 3 heterocycles. The molecule has 0 saturated carbocycles. The van der Waals surface area contributed by atoms with Gasteiger partial charge in [-0.3, -0.25) is 9.48 Å². The summed E-state index contributed by atoms with van der Waals surface area (Å²) in [4.78, 5) is 17.2. The van der Waals surface area contributed by atoms with Crippen LogP contribution in [0.15, 0.2) is 48.8 Å². The van der Waals surface area contributed by atoms with Crippen molar-refractivity contribution in [3.8, 4) is 17.0 Å². The molecular formula is C25H14F8N6O2. The van der Waals surface area contributed by atoms with Gasteiger partial charge in [0, 0.05) is 17.8 Å². The Bertz CT molecular complexity index is 1770. The van der Waals surface area contributed by atoms with Crippen molar-refractivity contribution >= 4 is 17.4 Å². The van der Waals surface area contributed by atoms with Crippen molar-refractivity contribution < 1.29 is 44.7 Å². The Balaban J connectivity index is 1.46. The van der Waals surface area contributed by atoms with Crippen LogP contribution in [0.5, 0.6) is 5.75 Å². The summed E-state index contributed by atoms with van der Waals surface area (Å²) >= 11 is 0. The van der Waals surface area contributed by atoms with E-state index in [-0.39, 0.29) is 17.1 Å². The molecule has 0 aliphatic carbocycles. The highest BCUT2D eigenvalue weighted by molar-refractivity contribution is 6.07. The van der Waals surface area contributed by atoms with Gasteiger partial charge in [0.15, 0.2) is 40.4 Å². The highest BCUT2D eigenvalue weighted by atomic mass is 19.4. The van der Waals surface area contributed by atoms with Crippen LogP contribution in [-0.4, -0.2) is 37.4 Å². The number of hydrogen-bond donors (Lipinski definition) is 1. The Morgan fingerprint density at radius 2 is 1.59 bits per heavy atom. The summed E-state index contributed by atoms with van der Waals surface area (Å²) in [7, 11) is 1.42. The average molecular weight is 582 g/mol. The Kier molecular flexibility index (Phi) is 6.84. The van der Waals surface area contributed by atoms with E-state index in [0.717, 1.165) is 29.2 Å². The van der Waals surface area contributed by atoms with Crippen molar-refractivity contribution in [2.75, 3.05) is 12.4 Å². The Morgan fingerprint density at radius 1 is 0.951 bits per heavy atom. The van der Waals surface area contributed by atoms with Gasteiger partial charge >= 0.3 is 6.18 Å². The van der Waals surface area contributed by atoms with Crippen LogP contribution in [0.4, 0.5) is 40.9 Å². The van der Waals surface area contributed by atoms with Crippen LogP contribution in [0.2, 0.25) is 0 Å². The zero-order valence-corrected chi connectivity index (χ0v) is 20.4. The van der Waals surface area contributed by atoms with E-state index in [1.54, 1.807) is 0 Å². The number of benzene rings is 2. The smallest absolute Gasteiger partial charge is 0.433 e. The normalized spacial score (nSPS) is 11.7. The molecule has 8 nitrogen and oxygen atoms in total. The quantitative estimate of drug-likeness (QED) is 0.160. The van der Waals surface area contributed by atoms with E-state index < -0.39 is 64.6 Å². The molecule has 41 heavy (non-hydrogen) atoms. The molecule has 0 radical (unpaired) electrons. The number of carbonyl (C=O) groups is 1. The minimum Gasteiger partial charge on any atom is -0.497 e. The molecule has 0 unspecified atom stereocenters. The third-order valence-electron chi connectivity index (χ3n) is 5.90. The molecular weight excluding hydrogens is 568 g/mol. The summed E-state index contributed by atoms with van der Waals surface area (Å²) in [6.45, 7) is -0.889. The average Bonchev–Trinajstić information content (AvgIpc) is 3.58. The largest absolute Gasteiger partial charge is 0.497 e. The van der Waals surface area contributed by atoms with Gasteiger partial charge in [-0.25, -0.2) is 31.5 Å². The van der Waals surface area contributed by atoms with E-state index in [9.17, 15) is 39.9 Å². The molecule has 16 heteroatoms. The van der Waals surface area contributed by atoms with Gasteiger partial charge in [-0.05, 0) is 30.3 Å². The van der Waals surface area contributed by atoms with Gasteiger partial charge in [-0.1, -0.05) is 0 Å². The number of methoxy groups -OCH3 is 1. The molecule has 0 aliphatic heterocycles. The zero-order valence-electron chi connectivity index (χ0n) is 20.4. The molecule has 0 spiro atoms. The standard InChI is InChI=1S/C25H14F8N6O2/c1-41-12-4-2-11(3-5-12)15-8-16(25(31,32)33)39-23(35-15)13(9-34-39)24(40)36-17-6-7-38(37-17)10-14-18(26)20(28)22(30)21(29)19(14)27/h2-9H,10H2,1H3,(H,36,37,40). The Labute approximate surface area is 223 Å². The minimum atomic E-state index is -4.87. The maximum Gasteiger partial charge on any atom is 0.433 e. The van der Waals surface area contributed by atoms with Crippen LogP contribution >= 0.6 is 0 Å². The summed E-state index contributed by atoms with van der Waals surface area (Å²) in [5.74, 6) is -11.5. The zero-order chi connectivity index (χ0) is 29.6. The van der Waals surface area contributed by atoms with Gasteiger partial charge in [0.05, 0.1) is 31.1 Å². The summed E-state index contributed by atoms with van der Waals surface area (Å²) < 4.78 is 116. The fraction of sp³-hybridized carbons (Fsp3) is 0.120. The molecule has 0 fully saturated rings. The van der Waals surface area contributed by atoms with Crippen LogP contribution < -0.4 is 10.1 Å². The lowest BCUT2D eigenvalue weighted by molar-refractivity contribution is -0.142. The number of fused-ring (bicyclic) bond motifs is 1. The van der Waals surface area contributed by atoms with Gasteiger partial charge in [-0.15, -0.1) is 0 Å². The molecule has 3 aromatic heterocycles. The van der Waals surface area contributed by atoms with E-state index in [2.05, 4.69) is 20.5 Å². The lowest BCUT2D eigenvalue weighted by Gasteiger charge is -2.12. The third-order valence-corrected chi connectivity index (χ3v) is 5.90. The van der Waals surface area contributed by atoms with Crippen molar-refractivity contribution in [1.29, 1.82) is 0 Å². The molecule has 0 bridgehead atoms. The van der Waals surface area contributed by atoms with E-state index in [0.29, 0.717) is 15.8 Å². The maximum atomic E-state index is 14.0. The predicted octanol–water partition coefficient (Wildman–Crippen LogP) is 5.62. The number of amides is 1. The monoisotopic (exact) mass is 582 g/mol. The van der Waals surface area contributed by atoms with Crippen molar-refractivity contribution in [3.63, 3.8) is 0 Å². The lowest BCUT2D eigenvalue weighted by Crippen LogP contribution is -2.16. The predicted molar refractivity (Wildman–Crippen MR) is 125 cm³/mol. The second-order valence-electron chi connectivity index (χ2n) is 8.45. The van der Waals surface area contributed by atoms with Gasteiger partial charge in [0.25, 0.3) is 5.91 Å². The topological polar surface area (TPSA) is 86.3 Å². The van der Waals surface area contributed by atoms with E-state index in [1.807, 2.05) is 0 Å². The second-order valence-corrected chi connectivity index (χ2v) is 8.45. The number of nitrogens with zero attached hydrogens (tertiary/aromatic N) is 5. The van der Waals surface area contributed by atoms with Crippen LogP contribution in [0.1, 0.15) is 21.6 Å². The summed E-state index contributed by atoms with van der Waals surface area (Å²) in [5.41, 5.74) is -3.02. The molecule has 0 saturated heterocycles.